The van der Waals surface area contributed by atoms with Gasteiger partial charge in [0.1, 0.15) is 5.82 Å². The number of nitrogens with two attached hydrogens (primary N) is 1. The van der Waals surface area contributed by atoms with Crippen LogP contribution in [-0.4, -0.2) is 18.0 Å². The van der Waals surface area contributed by atoms with Crippen LogP contribution in [0.1, 0.15) is 42.6 Å². The first-order valence-corrected chi connectivity index (χ1v) is 6.25. The predicted octanol–water partition coefficient (Wildman–Crippen LogP) is 2.80. The number of halogens is 2. The number of nitrogens with one attached hydrogen (secondary N) is 1. The maximum absolute atomic E-state index is 13.3. The van der Waals surface area contributed by atoms with Gasteiger partial charge in [0.15, 0.2) is 0 Å². The predicted molar refractivity (Wildman–Crippen MR) is 78.2 cm³/mol. The quantitative estimate of drug-likeness (QED) is 0.875. The molecule has 1 aromatic carbocycles. The number of carbonyl (C=O) groups excluding carboxylic acids is 1. The van der Waals surface area contributed by atoms with E-state index in [9.17, 15) is 9.18 Å². The average Bonchev–Trinajstić information content (AvgIpc) is 2.38. The minimum absolute atomic E-state index is 0. The molecule has 0 spiro atoms. The summed E-state index contributed by atoms with van der Waals surface area (Å²) in [6, 6.07) is 4.46. The Kier molecular flexibility index (Phi) is 7.01. The normalized spacial score (nSPS) is 10.8. The summed E-state index contributed by atoms with van der Waals surface area (Å²) in [7, 11) is 0. The van der Waals surface area contributed by atoms with Gasteiger partial charge in [-0.3, -0.25) is 4.79 Å². The van der Waals surface area contributed by atoms with Crippen LogP contribution in [0, 0.1) is 12.7 Å². The Morgan fingerprint density at radius 1 is 1.37 bits per heavy atom. The third kappa shape index (κ3) is 4.80. The lowest BCUT2D eigenvalue weighted by Gasteiger charge is -2.26. The van der Waals surface area contributed by atoms with E-state index in [0.717, 1.165) is 12.8 Å². The monoisotopic (exact) mass is 288 g/mol. The molecule has 0 saturated heterocycles. The summed E-state index contributed by atoms with van der Waals surface area (Å²) >= 11 is 0. The molecule has 19 heavy (non-hydrogen) atoms. The van der Waals surface area contributed by atoms with Crippen molar-refractivity contribution in [2.75, 3.05) is 6.54 Å². The lowest BCUT2D eigenvalue weighted by molar-refractivity contribution is 0.0941. The second kappa shape index (κ2) is 7.46. The van der Waals surface area contributed by atoms with E-state index in [4.69, 9.17) is 5.73 Å². The molecule has 0 aromatic heterocycles. The van der Waals surface area contributed by atoms with Crippen molar-refractivity contribution in [3.63, 3.8) is 0 Å². The fourth-order valence-electron chi connectivity index (χ4n) is 1.59. The van der Waals surface area contributed by atoms with Gasteiger partial charge in [0.25, 0.3) is 5.91 Å². The Morgan fingerprint density at radius 3 is 2.42 bits per heavy atom. The van der Waals surface area contributed by atoms with Crippen molar-refractivity contribution >= 4 is 18.3 Å². The van der Waals surface area contributed by atoms with E-state index < -0.39 is 0 Å². The smallest absolute Gasteiger partial charge is 0.251 e. The van der Waals surface area contributed by atoms with Gasteiger partial charge in [0.2, 0.25) is 0 Å². The molecule has 0 heterocycles. The Bertz CT molecular complexity index is 433. The molecular formula is C14H22ClFN2O. The summed E-state index contributed by atoms with van der Waals surface area (Å²) in [5, 5.41) is 2.76. The van der Waals surface area contributed by atoms with Gasteiger partial charge in [-0.2, -0.15) is 0 Å². The minimum atomic E-state index is -0.390. The molecule has 0 saturated carbocycles. The van der Waals surface area contributed by atoms with E-state index >= 15 is 0 Å². The van der Waals surface area contributed by atoms with Gasteiger partial charge in [0.05, 0.1) is 0 Å². The first-order valence-electron chi connectivity index (χ1n) is 6.25. The maximum Gasteiger partial charge on any atom is 0.251 e. The SMILES string of the molecule is CCC(N)(CC)CNC(=O)c1ccc(C)c(F)c1.Cl. The number of benzene rings is 1. The lowest BCUT2D eigenvalue weighted by atomic mass is 9.94. The van der Waals surface area contributed by atoms with Gasteiger partial charge in [-0.05, 0) is 37.5 Å². The van der Waals surface area contributed by atoms with E-state index in [-0.39, 0.29) is 29.7 Å². The molecule has 0 unspecified atom stereocenters. The third-order valence-electron chi connectivity index (χ3n) is 3.44. The average molecular weight is 289 g/mol. The maximum atomic E-state index is 13.3. The minimum Gasteiger partial charge on any atom is -0.350 e. The summed E-state index contributed by atoms with van der Waals surface area (Å²) in [5.41, 5.74) is 6.55. The van der Waals surface area contributed by atoms with Gasteiger partial charge in [-0.1, -0.05) is 19.9 Å². The third-order valence-corrected chi connectivity index (χ3v) is 3.44. The molecule has 0 fully saturated rings. The van der Waals surface area contributed by atoms with Crippen molar-refractivity contribution in [2.24, 2.45) is 5.73 Å². The fraction of sp³-hybridized carbons (Fsp3) is 0.500. The second-order valence-electron chi connectivity index (χ2n) is 4.72. The van der Waals surface area contributed by atoms with E-state index in [0.29, 0.717) is 17.7 Å². The van der Waals surface area contributed by atoms with Gasteiger partial charge >= 0.3 is 0 Å². The Balaban J connectivity index is 0.00000324. The second-order valence-corrected chi connectivity index (χ2v) is 4.72. The van der Waals surface area contributed by atoms with Crippen molar-refractivity contribution in [1.29, 1.82) is 0 Å². The van der Waals surface area contributed by atoms with Crippen molar-refractivity contribution in [2.45, 2.75) is 39.2 Å². The Labute approximate surface area is 120 Å². The zero-order valence-electron chi connectivity index (χ0n) is 11.6. The van der Waals surface area contributed by atoms with Crippen LogP contribution in [0.25, 0.3) is 0 Å². The van der Waals surface area contributed by atoms with Crippen molar-refractivity contribution in [3.05, 3.63) is 35.1 Å². The van der Waals surface area contributed by atoms with Crippen LogP contribution in [0.15, 0.2) is 18.2 Å². The first kappa shape index (κ1) is 17.9. The molecule has 108 valence electrons. The van der Waals surface area contributed by atoms with Gasteiger partial charge in [-0.25, -0.2) is 4.39 Å². The van der Waals surface area contributed by atoms with Crippen LogP contribution in [0.2, 0.25) is 0 Å². The highest BCUT2D eigenvalue weighted by atomic mass is 35.5. The van der Waals surface area contributed by atoms with E-state index in [1.165, 1.54) is 6.07 Å². The molecule has 3 nitrogen and oxygen atoms in total. The zero-order chi connectivity index (χ0) is 13.8. The molecule has 0 aliphatic heterocycles. The van der Waals surface area contributed by atoms with Crippen LogP contribution in [0.3, 0.4) is 0 Å². The molecule has 5 heteroatoms. The Morgan fingerprint density at radius 2 is 1.95 bits per heavy atom. The number of carbonyl (C=O) groups is 1. The number of hydrogen-bond acceptors (Lipinski definition) is 2. The van der Waals surface area contributed by atoms with Crippen LogP contribution < -0.4 is 11.1 Å². The summed E-state index contributed by atoms with van der Waals surface area (Å²) in [6.07, 6.45) is 1.57. The molecular weight excluding hydrogens is 267 g/mol. The van der Waals surface area contributed by atoms with Gasteiger partial charge < -0.3 is 11.1 Å². The molecule has 0 atom stereocenters. The van der Waals surface area contributed by atoms with E-state index in [1.807, 2.05) is 13.8 Å². The van der Waals surface area contributed by atoms with Crippen LogP contribution >= 0.6 is 12.4 Å². The van der Waals surface area contributed by atoms with Crippen molar-refractivity contribution in [1.82, 2.24) is 5.32 Å². The molecule has 1 aromatic rings. The van der Waals surface area contributed by atoms with Crippen LogP contribution in [-0.2, 0) is 0 Å². The van der Waals surface area contributed by atoms with E-state index in [1.54, 1.807) is 19.1 Å². The summed E-state index contributed by atoms with van der Waals surface area (Å²) in [4.78, 5) is 11.9. The molecule has 0 aliphatic carbocycles. The molecule has 0 aliphatic rings. The topological polar surface area (TPSA) is 55.1 Å². The summed E-state index contributed by atoms with van der Waals surface area (Å²) in [6.45, 7) is 6.03. The molecule has 1 amide bonds. The lowest BCUT2D eigenvalue weighted by Crippen LogP contribution is -2.49. The highest BCUT2D eigenvalue weighted by molar-refractivity contribution is 5.94. The fourth-order valence-corrected chi connectivity index (χ4v) is 1.59. The first-order chi connectivity index (χ1) is 8.41. The summed E-state index contributed by atoms with van der Waals surface area (Å²) in [5.74, 6) is -0.654. The number of amides is 1. The van der Waals surface area contributed by atoms with Crippen LogP contribution in [0.4, 0.5) is 4.39 Å². The number of aryl methyl sites for hydroxylation is 1. The molecule has 0 radical (unpaired) electrons. The zero-order valence-corrected chi connectivity index (χ0v) is 12.4. The van der Waals surface area contributed by atoms with Crippen molar-refractivity contribution in [3.8, 4) is 0 Å². The molecule has 1 rings (SSSR count). The Hall–Kier alpha value is -1.13. The summed E-state index contributed by atoms with van der Waals surface area (Å²) < 4.78 is 13.3. The molecule has 3 N–H and O–H groups in total. The highest BCUT2D eigenvalue weighted by Gasteiger charge is 2.21. The van der Waals surface area contributed by atoms with Gasteiger partial charge in [0, 0.05) is 17.6 Å². The highest BCUT2D eigenvalue weighted by Crippen LogP contribution is 2.11. The molecule has 0 bridgehead atoms. The largest absolute Gasteiger partial charge is 0.350 e. The number of rotatable bonds is 5. The van der Waals surface area contributed by atoms with Crippen LogP contribution in [0.5, 0.6) is 0 Å². The number of hydrogen-bond donors (Lipinski definition) is 2. The standard InChI is InChI=1S/C14H21FN2O.ClH/c1-4-14(16,5-2)9-17-13(18)11-7-6-10(3)12(15)8-11;/h6-8H,4-5,9,16H2,1-3H3,(H,17,18);1H. The van der Waals surface area contributed by atoms with Crippen molar-refractivity contribution < 1.29 is 9.18 Å². The van der Waals surface area contributed by atoms with E-state index in [2.05, 4.69) is 5.32 Å². The van der Waals surface area contributed by atoms with Gasteiger partial charge in [-0.15, -0.1) is 12.4 Å².